The van der Waals surface area contributed by atoms with Crippen LogP contribution in [0.5, 0.6) is 0 Å². The summed E-state index contributed by atoms with van der Waals surface area (Å²) >= 11 is 0. The molecule has 0 radical (unpaired) electrons. The van der Waals surface area contributed by atoms with E-state index < -0.39 is 0 Å². The van der Waals surface area contributed by atoms with Crippen molar-refractivity contribution in [3.63, 3.8) is 0 Å². The van der Waals surface area contributed by atoms with Gasteiger partial charge in [0.25, 0.3) is 0 Å². The van der Waals surface area contributed by atoms with E-state index in [1.807, 2.05) is 0 Å². The Kier molecular flexibility index (Phi) is 5.55. The molecule has 22 heavy (non-hydrogen) atoms. The zero-order valence-electron chi connectivity index (χ0n) is 13.6. The van der Waals surface area contributed by atoms with E-state index in [4.69, 9.17) is 20.2 Å². The maximum absolute atomic E-state index is 6.12. The molecule has 0 amide bonds. The highest BCUT2D eigenvalue weighted by Crippen LogP contribution is 2.29. The summed E-state index contributed by atoms with van der Waals surface area (Å²) in [6.45, 7) is 6.04. The Morgan fingerprint density at radius 3 is 2.41 bits per heavy atom. The van der Waals surface area contributed by atoms with E-state index in [1.165, 1.54) is 25.7 Å². The molecule has 2 saturated heterocycles. The molecule has 6 heteroatoms. The topological polar surface area (TPSA) is 72.1 Å². The Hall–Kier alpha value is -0.850. The number of nitrogens with one attached hydrogen (secondary N) is 1. The normalized spacial score (nSPS) is 27.9. The Balaban J connectivity index is 1.61. The van der Waals surface area contributed by atoms with Crippen LogP contribution in [0, 0.1) is 0 Å². The molecule has 3 N–H and O–H groups in total. The zero-order chi connectivity index (χ0) is 15.3. The van der Waals surface area contributed by atoms with Gasteiger partial charge in [0.05, 0.1) is 19.8 Å². The van der Waals surface area contributed by atoms with Crippen molar-refractivity contribution >= 4 is 5.96 Å². The van der Waals surface area contributed by atoms with E-state index in [2.05, 4.69) is 10.2 Å². The molecule has 0 unspecified atom stereocenters. The molecule has 0 aromatic heterocycles. The van der Waals surface area contributed by atoms with E-state index in [9.17, 15) is 0 Å². The van der Waals surface area contributed by atoms with Gasteiger partial charge in [-0.1, -0.05) is 12.8 Å². The molecule has 1 saturated carbocycles. The maximum Gasteiger partial charge on any atom is 0.188 e. The number of morpholine rings is 1. The van der Waals surface area contributed by atoms with Crippen LogP contribution in [0.3, 0.4) is 0 Å². The van der Waals surface area contributed by atoms with Crippen molar-refractivity contribution in [2.75, 3.05) is 46.1 Å². The lowest BCUT2D eigenvalue weighted by molar-refractivity contribution is -0.0667. The predicted octanol–water partition coefficient (Wildman–Crippen LogP) is 0.715. The molecule has 126 valence electrons. The summed E-state index contributed by atoms with van der Waals surface area (Å²) in [7, 11) is 0. The lowest BCUT2D eigenvalue weighted by atomic mass is 9.87. The standard InChI is InChI=1S/C16H30N4O2/c17-15(19-14-3-1-2-4-14)18-13-16(5-9-21-10-6-16)20-7-11-22-12-8-20/h14H,1-13H2,(H3,17,18,19). The first-order chi connectivity index (χ1) is 10.8. The first-order valence-electron chi connectivity index (χ1n) is 8.76. The first kappa shape index (κ1) is 16.0. The van der Waals surface area contributed by atoms with Crippen molar-refractivity contribution in [2.24, 2.45) is 10.7 Å². The van der Waals surface area contributed by atoms with Gasteiger partial charge in [-0.05, 0) is 25.7 Å². The average Bonchev–Trinajstić information content (AvgIpc) is 3.08. The fraction of sp³-hybridized carbons (Fsp3) is 0.938. The molecule has 0 bridgehead atoms. The van der Waals surface area contributed by atoms with Gasteiger partial charge in [0.2, 0.25) is 0 Å². The molecular formula is C16H30N4O2. The number of rotatable bonds is 4. The number of nitrogens with zero attached hydrogens (tertiary/aromatic N) is 2. The average molecular weight is 310 g/mol. The number of aliphatic imine (C=N–C) groups is 1. The van der Waals surface area contributed by atoms with E-state index >= 15 is 0 Å². The van der Waals surface area contributed by atoms with Gasteiger partial charge in [-0.25, -0.2) is 0 Å². The van der Waals surface area contributed by atoms with Crippen molar-refractivity contribution in [1.29, 1.82) is 0 Å². The number of nitrogens with two attached hydrogens (primary N) is 1. The molecule has 0 aromatic rings. The van der Waals surface area contributed by atoms with Gasteiger partial charge in [0, 0.05) is 37.9 Å². The van der Waals surface area contributed by atoms with Crippen molar-refractivity contribution < 1.29 is 9.47 Å². The third-order valence-electron chi connectivity index (χ3n) is 5.36. The van der Waals surface area contributed by atoms with Crippen LogP contribution in [0.2, 0.25) is 0 Å². The summed E-state index contributed by atoms with van der Waals surface area (Å²) in [5, 5.41) is 3.39. The molecule has 3 aliphatic rings. The molecule has 0 atom stereocenters. The predicted molar refractivity (Wildman–Crippen MR) is 87.1 cm³/mol. The highest BCUT2D eigenvalue weighted by molar-refractivity contribution is 5.78. The summed E-state index contributed by atoms with van der Waals surface area (Å²) in [6.07, 6.45) is 7.12. The molecule has 6 nitrogen and oxygen atoms in total. The Morgan fingerprint density at radius 1 is 1.09 bits per heavy atom. The van der Waals surface area contributed by atoms with Gasteiger partial charge in [0.1, 0.15) is 0 Å². The van der Waals surface area contributed by atoms with Crippen LogP contribution < -0.4 is 11.1 Å². The second kappa shape index (κ2) is 7.62. The quantitative estimate of drug-likeness (QED) is 0.591. The number of hydrogen-bond donors (Lipinski definition) is 2. The molecule has 0 aromatic carbocycles. The number of guanidine groups is 1. The molecule has 0 spiro atoms. The lowest BCUT2D eigenvalue weighted by Crippen LogP contribution is -2.58. The Bertz CT molecular complexity index is 370. The summed E-state index contributed by atoms with van der Waals surface area (Å²) in [4.78, 5) is 7.25. The summed E-state index contributed by atoms with van der Waals surface area (Å²) < 4.78 is 11.1. The third-order valence-corrected chi connectivity index (χ3v) is 5.36. The van der Waals surface area contributed by atoms with E-state index in [0.29, 0.717) is 12.0 Å². The van der Waals surface area contributed by atoms with Crippen molar-refractivity contribution in [1.82, 2.24) is 10.2 Å². The van der Waals surface area contributed by atoms with E-state index in [0.717, 1.165) is 58.9 Å². The fourth-order valence-electron chi connectivity index (χ4n) is 3.92. The minimum Gasteiger partial charge on any atom is -0.381 e. The number of hydrogen-bond acceptors (Lipinski definition) is 4. The van der Waals surface area contributed by atoms with Crippen LogP contribution in [0.15, 0.2) is 4.99 Å². The molecule has 2 aliphatic heterocycles. The minimum absolute atomic E-state index is 0.101. The molecule has 3 fully saturated rings. The van der Waals surface area contributed by atoms with Crippen molar-refractivity contribution in [3.05, 3.63) is 0 Å². The Labute approximate surface area is 133 Å². The number of ether oxygens (including phenoxy) is 2. The summed E-state index contributed by atoms with van der Waals surface area (Å²) in [5.41, 5.74) is 6.22. The van der Waals surface area contributed by atoms with Crippen LogP contribution in [0.1, 0.15) is 38.5 Å². The van der Waals surface area contributed by atoms with E-state index in [1.54, 1.807) is 0 Å². The van der Waals surface area contributed by atoms with E-state index in [-0.39, 0.29) is 5.54 Å². The summed E-state index contributed by atoms with van der Waals surface area (Å²) in [5.74, 6) is 0.617. The maximum atomic E-state index is 6.12. The first-order valence-corrected chi connectivity index (χ1v) is 8.76. The monoisotopic (exact) mass is 310 g/mol. The zero-order valence-corrected chi connectivity index (χ0v) is 13.6. The molecule has 3 rings (SSSR count). The van der Waals surface area contributed by atoms with Crippen LogP contribution >= 0.6 is 0 Å². The van der Waals surface area contributed by atoms with Gasteiger partial charge < -0.3 is 20.5 Å². The lowest BCUT2D eigenvalue weighted by Gasteiger charge is -2.47. The second-order valence-electron chi connectivity index (χ2n) is 6.76. The van der Waals surface area contributed by atoms with Crippen LogP contribution in [-0.4, -0.2) is 68.5 Å². The smallest absolute Gasteiger partial charge is 0.188 e. The third kappa shape index (κ3) is 3.91. The van der Waals surface area contributed by atoms with Crippen molar-refractivity contribution in [2.45, 2.75) is 50.1 Å². The fourth-order valence-corrected chi connectivity index (χ4v) is 3.92. The van der Waals surface area contributed by atoms with Crippen LogP contribution in [-0.2, 0) is 9.47 Å². The van der Waals surface area contributed by atoms with Gasteiger partial charge in [0.15, 0.2) is 5.96 Å². The molecule has 1 aliphatic carbocycles. The van der Waals surface area contributed by atoms with Crippen LogP contribution in [0.4, 0.5) is 0 Å². The Morgan fingerprint density at radius 2 is 1.73 bits per heavy atom. The van der Waals surface area contributed by atoms with Crippen molar-refractivity contribution in [3.8, 4) is 0 Å². The van der Waals surface area contributed by atoms with Gasteiger partial charge in [-0.2, -0.15) is 0 Å². The van der Waals surface area contributed by atoms with Gasteiger partial charge >= 0.3 is 0 Å². The largest absolute Gasteiger partial charge is 0.381 e. The SMILES string of the molecule is NC(=NCC1(N2CCOCC2)CCOCC1)NC1CCCC1. The van der Waals surface area contributed by atoms with Gasteiger partial charge in [-0.15, -0.1) is 0 Å². The second-order valence-corrected chi connectivity index (χ2v) is 6.76. The van der Waals surface area contributed by atoms with Crippen LogP contribution in [0.25, 0.3) is 0 Å². The summed E-state index contributed by atoms with van der Waals surface area (Å²) in [6, 6.07) is 0.526. The minimum atomic E-state index is 0.101. The molecular weight excluding hydrogens is 280 g/mol. The van der Waals surface area contributed by atoms with Gasteiger partial charge in [-0.3, -0.25) is 9.89 Å². The molecule has 2 heterocycles. The highest BCUT2D eigenvalue weighted by atomic mass is 16.5. The highest BCUT2D eigenvalue weighted by Gasteiger charge is 2.39.